The number of nitrogens with one attached hydrogen (secondary N) is 1. The predicted octanol–water partition coefficient (Wildman–Crippen LogP) is 4.72. The van der Waals surface area contributed by atoms with Gasteiger partial charge in [0, 0.05) is 24.0 Å². The topological polar surface area (TPSA) is 80.2 Å². The molecule has 3 aromatic rings. The van der Waals surface area contributed by atoms with E-state index in [1.54, 1.807) is 6.20 Å². The first-order valence-corrected chi connectivity index (χ1v) is 11.8. The van der Waals surface area contributed by atoms with Crippen LogP contribution in [0.15, 0.2) is 47.6 Å². The van der Waals surface area contributed by atoms with Gasteiger partial charge in [0.05, 0.1) is 11.2 Å². The lowest BCUT2D eigenvalue weighted by molar-refractivity contribution is -0.00244. The Morgan fingerprint density at radius 2 is 1.91 bits per heavy atom. The fourth-order valence-electron chi connectivity index (χ4n) is 5.04. The number of pyridine rings is 1. The van der Waals surface area contributed by atoms with Gasteiger partial charge in [-0.15, -0.1) is 12.6 Å². The highest BCUT2D eigenvalue weighted by Gasteiger charge is 2.50. The summed E-state index contributed by atoms with van der Waals surface area (Å²) in [6.45, 7) is 7.53. The van der Waals surface area contributed by atoms with Gasteiger partial charge in [-0.2, -0.15) is 0 Å². The maximum Gasteiger partial charge on any atom is 0.408 e. The van der Waals surface area contributed by atoms with Crippen LogP contribution in [-0.4, -0.2) is 39.7 Å². The minimum absolute atomic E-state index is 0.109. The standard InChI is InChI=1S/C25H29N5O2S/c1-24(2,3)29-23(31)32-21-17-7-5-4-6-16(17)14-25(21)10-12-30(13-11-25)19-15-26-22-18(27-19)8-9-20(33)28-22/h4-9,15,21H,10-14H2,1-3H3,(H,29,31)(H,26,28,33)/t21-/m1/s1. The van der Waals surface area contributed by atoms with E-state index < -0.39 is 0 Å². The zero-order valence-electron chi connectivity index (χ0n) is 19.2. The Hall–Kier alpha value is -2.87. The Morgan fingerprint density at radius 1 is 1.15 bits per heavy atom. The maximum absolute atomic E-state index is 12.7. The highest BCUT2D eigenvalue weighted by atomic mass is 32.1. The molecular formula is C25H29N5O2S. The van der Waals surface area contributed by atoms with Crippen molar-refractivity contribution in [2.45, 2.75) is 56.7 Å². The summed E-state index contributed by atoms with van der Waals surface area (Å²) in [6.07, 6.45) is 3.91. The molecule has 2 aromatic heterocycles. The minimum Gasteiger partial charge on any atom is -0.441 e. The van der Waals surface area contributed by atoms with E-state index in [2.05, 4.69) is 51.0 Å². The molecule has 3 heterocycles. The molecule has 0 bridgehead atoms. The third-order valence-corrected chi connectivity index (χ3v) is 6.85. The maximum atomic E-state index is 12.7. The van der Waals surface area contributed by atoms with Gasteiger partial charge in [-0.1, -0.05) is 24.3 Å². The van der Waals surface area contributed by atoms with Crippen LogP contribution in [0.2, 0.25) is 0 Å². The number of anilines is 1. The number of alkyl carbamates (subject to hydrolysis) is 1. The number of benzene rings is 1. The van der Waals surface area contributed by atoms with E-state index in [1.807, 2.05) is 39.0 Å². The van der Waals surface area contributed by atoms with E-state index >= 15 is 0 Å². The van der Waals surface area contributed by atoms with Crippen molar-refractivity contribution in [1.29, 1.82) is 0 Å². The number of thiol groups is 1. The molecule has 0 radical (unpaired) electrons. The van der Waals surface area contributed by atoms with Crippen molar-refractivity contribution in [3.05, 3.63) is 53.7 Å². The molecule has 33 heavy (non-hydrogen) atoms. The van der Waals surface area contributed by atoms with Gasteiger partial charge >= 0.3 is 6.09 Å². The Bertz CT molecular complexity index is 1200. The molecule has 1 saturated heterocycles. The molecular weight excluding hydrogens is 434 g/mol. The van der Waals surface area contributed by atoms with E-state index in [-0.39, 0.29) is 23.2 Å². The fourth-order valence-corrected chi connectivity index (χ4v) is 5.21. The Balaban J connectivity index is 1.36. The summed E-state index contributed by atoms with van der Waals surface area (Å²) in [4.78, 5) is 28.6. The average molecular weight is 464 g/mol. The summed E-state index contributed by atoms with van der Waals surface area (Å²) in [5.41, 5.74) is 3.32. The van der Waals surface area contributed by atoms with Crippen LogP contribution >= 0.6 is 12.6 Å². The predicted molar refractivity (Wildman–Crippen MR) is 131 cm³/mol. The van der Waals surface area contributed by atoms with Crippen LogP contribution in [0.5, 0.6) is 0 Å². The number of rotatable bonds is 2. The number of piperidine rings is 1. The molecule has 5 rings (SSSR count). The first kappa shape index (κ1) is 21.9. The lowest BCUT2D eigenvalue weighted by atomic mass is 9.74. The quantitative estimate of drug-likeness (QED) is 0.535. The molecule has 0 unspecified atom stereocenters. The molecule has 1 amide bonds. The number of carbonyl (C=O) groups is 1. The van der Waals surface area contributed by atoms with Crippen LogP contribution in [0.4, 0.5) is 10.6 Å². The monoisotopic (exact) mass is 463 g/mol. The lowest BCUT2D eigenvalue weighted by Gasteiger charge is -2.43. The smallest absolute Gasteiger partial charge is 0.408 e. The average Bonchev–Trinajstić information content (AvgIpc) is 3.05. The van der Waals surface area contributed by atoms with Gasteiger partial charge in [0.2, 0.25) is 0 Å². The number of nitrogens with zero attached hydrogens (tertiary/aromatic N) is 4. The van der Waals surface area contributed by atoms with Gasteiger partial charge in [-0.05, 0) is 63.3 Å². The largest absolute Gasteiger partial charge is 0.441 e. The minimum atomic E-state index is -0.359. The summed E-state index contributed by atoms with van der Waals surface area (Å²) in [5, 5.41) is 3.58. The number of amides is 1. The van der Waals surface area contributed by atoms with E-state index in [4.69, 9.17) is 9.72 Å². The zero-order chi connectivity index (χ0) is 23.2. The van der Waals surface area contributed by atoms with Crippen LogP contribution in [0.1, 0.15) is 50.8 Å². The fraction of sp³-hybridized carbons (Fsp3) is 0.440. The van der Waals surface area contributed by atoms with E-state index in [0.29, 0.717) is 10.7 Å². The second-order valence-electron chi connectivity index (χ2n) is 10.1. The van der Waals surface area contributed by atoms with Crippen LogP contribution in [0.3, 0.4) is 0 Å². The molecule has 1 atom stereocenters. The first-order valence-electron chi connectivity index (χ1n) is 11.4. The third kappa shape index (κ3) is 4.36. The summed E-state index contributed by atoms with van der Waals surface area (Å²) >= 11 is 4.28. The molecule has 1 N–H and O–H groups in total. The molecule has 7 nitrogen and oxygen atoms in total. The normalized spacial score (nSPS) is 19.5. The van der Waals surface area contributed by atoms with Crippen molar-refractivity contribution in [2.75, 3.05) is 18.0 Å². The summed E-state index contributed by atoms with van der Waals surface area (Å²) < 4.78 is 6.10. The van der Waals surface area contributed by atoms with Gasteiger partial charge in [0.25, 0.3) is 0 Å². The Kier molecular flexibility index (Phi) is 5.43. The summed E-state index contributed by atoms with van der Waals surface area (Å²) in [7, 11) is 0. The number of ether oxygens (including phenoxy) is 1. The van der Waals surface area contributed by atoms with Crippen LogP contribution in [-0.2, 0) is 11.2 Å². The number of fused-ring (bicyclic) bond motifs is 2. The van der Waals surface area contributed by atoms with Gasteiger partial charge in [-0.3, -0.25) is 0 Å². The second kappa shape index (κ2) is 8.17. The van der Waals surface area contributed by atoms with Gasteiger partial charge in [0.1, 0.15) is 17.4 Å². The van der Waals surface area contributed by atoms with Gasteiger partial charge in [0.15, 0.2) is 5.65 Å². The van der Waals surface area contributed by atoms with Crippen molar-refractivity contribution in [2.24, 2.45) is 5.41 Å². The Labute approximate surface area is 199 Å². The molecule has 2 aliphatic rings. The first-order chi connectivity index (χ1) is 15.7. The second-order valence-corrected chi connectivity index (χ2v) is 10.6. The molecule has 1 fully saturated rings. The molecule has 0 saturated carbocycles. The lowest BCUT2D eigenvalue weighted by Crippen LogP contribution is -2.46. The molecule has 1 aliphatic carbocycles. The van der Waals surface area contributed by atoms with Crippen molar-refractivity contribution >= 4 is 35.7 Å². The Morgan fingerprint density at radius 3 is 2.67 bits per heavy atom. The van der Waals surface area contributed by atoms with E-state index in [1.165, 1.54) is 5.56 Å². The van der Waals surface area contributed by atoms with Crippen molar-refractivity contribution in [3.8, 4) is 0 Å². The summed E-state index contributed by atoms with van der Waals surface area (Å²) in [5.74, 6) is 0.851. The van der Waals surface area contributed by atoms with Crippen molar-refractivity contribution < 1.29 is 9.53 Å². The highest BCUT2D eigenvalue weighted by molar-refractivity contribution is 7.80. The van der Waals surface area contributed by atoms with Crippen LogP contribution in [0.25, 0.3) is 11.2 Å². The molecule has 8 heteroatoms. The number of aromatic nitrogens is 3. The van der Waals surface area contributed by atoms with Crippen LogP contribution < -0.4 is 10.2 Å². The number of hydrogen-bond acceptors (Lipinski definition) is 7. The molecule has 1 aromatic carbocycles. The summed E-state index contributed by atoms with van der Waals surface area (Å²) in [6, 6.07) is 12.1. The third-order valence-electron chi connectivity index (χ3n) is 6.60. The number of carbonyl (C=O) groups excluding carboxylic acids is 1. The SMILES string of the molecule is CC(C)(C)NC(=O)O[C@@H]1c2ccccc2CC12CCN(c1cnc3nc(S)ccc3n1)CC2. The van der Waals surface area contributed by atoms with Crippen molar-refractivity contribution in [3.63, 3.8) is 0 Å². The molecule has 1 aliphatic heterocycles. The van der Waals surface area contributed by atoms with Crippen molar-refractivity contribution in [1.82, 2.24) is 20.3 Å². The van der Waals surface area contributed by atoms with E-state index in [9.17, 15) is 4.79 Å². The molecule has 172 valence electrons. The number of hydrogen-bond donors (Lipinski definition) is 2. The molecule has 1 spiro atoms. The van der Waals surface area contributed by atoms with E-state index in [0.717, 1.165) is 49.2 Å². The van der Waals surface area contributed by atoms with Gasteiger partial charge < -0.3 is 15.0 Å². The van der Waals surface area contributed by atoms with Gasteiger partial charge in [-0.25, -0.2) is 19.7 Å². The highest BCUT2D eigenvalue weighted by Crippen LogP contribution is 2.54. The zero-order valence-corrected chi connectivity index (χ0v) is 20.1. The van der Waals surface area contributed by atoms with Crippen LogP contribution in [0, 0.1) is 5.41 Å².